The Hall–Kier alpha value is -1.36. The predicted molar refractivity (Wildman–Crippen MR) is 92.4 cm³/mol. The summed E-state index contributed by atoms with van der Waals surface area (Å²) in [7, 11) is 1.67. The lowest BCUT2D eigenvalue weighted by molar-refractivity contribution is -0.144. The summed E-state index contributed by atoms with van der Waals surface area (Å²) < 4.78 is 5.10. The summed E-state index contributed by atoms with van der Waals surface area (Å²) in [6.07, 6.45) is 9.67. The van der Waals surface area contributed by atoms with Crippen LogP contribution in [-0.2, 0) is 14.3 Å². The zero-order chi connectivity index (χ0) is 17.2. The van der Waals surface area contributed by atoms with Crippen molar-refractivity contribution >= 4 is 11.8 Å². The molecule has 24 heavy (non-hydrogen) atoms. The van der Waals surface area contributed by atoms with Crippen LogP contribution in [-0.4, -0.2) is 61.5 Å². The molecule has 3 rings (SSSR count). The number of hydrogen-bond acceptors (Lipinski definition) is 3. The van der Waals surface area contributed by atoms with Crippen LogP contribution < -0.4 is 0 Å². The molecule has 1 spiro atoms. The van der Waals surface area contributed by atoms with Crippen LogP contribution >= 0.6 is 0 Å². The van der Waals surface area contributed by atoms with Crippen LogP contribution in [0.25, 0.3) is 0 Å². The molecular weight excluding hydrogens is 304 g/mol. The SMILES string of the molecule is COCCN1CC2(CCN(C(=O)C3(C)CC=CCC3)CC2)CC1=O. The zero-order valence-electron chi connectivity index (χ0n) is 15.1. The van der Waals surface area contributed by atoms with Crippen molar-refractivity contribution in [1.29, 1.82) is 0 Å². The number of nitrogens with zero attached hydrogens (tertiary/aromatic N) is 2. The van der Waals surface area contributed by atoms with E-state index < -0.39 is 0 Å². The summed E-state index contributed by atoms with van der Waals surface area (Å²) in [5, 5.41) is 0. The van der Waals surface area contributed by atoms with E-state index in [1.165, 1.54) is 0 Å². The van der Waals surface area contributed by atoms with Crippen molar-refractivity contribution in [2.24, 2.45) is 10.8 Å². The van der Waals surface area contributed by atoms with Crippen LogP contribution in [0.4, 0.5) is 0 Å². The van der Waals surface area contributed by atoms with Gasteiger partial charge >= 0.3 is 0 Å². The van der Waals surface area contributed by atoms with E-state index in [2.05, 4.69) is 19.1 Å². The maximum absolute atomic E-state index is 12.9. The zero-order valence-corrected chi connectivity index (χ0v) is 15.1. The van der Waals surface area contributed by atoms with Crippen LogP contribution in [0.1, 0.15) is 45.4 Å². The third kappa shape index (κ3) is 3.37. The van der Waals surface area contributed by atoms with Gasteiger partial charge in [-0.1, -0.05) is 19.1 Å². The number of carbonyl (C=O) groups is 2. The third-order valence-corrected chi connectivity index (χ3v) is 6.20. The van der Waals surface area contributed by atoms with Crippen LogP contribution in [0.3, 0.4) is 0 Å². The lowest BCUT2D eigenvalue weighted by Gasteiger charge is -2.42. The van der Waals surface area contributed by atoms with Crippen molar-refractivity contribution in [3.63, 3.8) is 0 Å². The van der Waals surface area contributed by atoms with Crippen molar-refractivity contribution in [2.75, 3.05) is 39.9 Å². The molecule has 3 aliphatic rings. The van der Waals surface area contributed by atoms with E-state index in [0.29, 0.717) is 25.5 Å². The Bertz CT molecular complexity index is 523. The van der Waals surface area contributed by atoms with Gasteiger partial charge in [-0.3, -0.25) is 9.59 Å². The van der Waals surface area contributed by atoms with Gasteiger partial charge in [0.05, 0.1) is 12.0 Å². The summed E-state index contributed by atoms with van der Waals surface area (Å²) in [4.78, 5) is 29.2. The highest BCUT2D eigenvalue weighted by molar-refractivity contribution is 5.83. The number of allylic oxidation sites excluding steroid dienone is 2. The molecule has 0 radical (unpaired) electrons. The monoisotopic (exact) mass is 334 g/mol. The highest BCUT2D eigenvalue weighted by Gasteiger charge is 2.46. The van der Waals surface area contributed by atoms with Gasteiger partial charge in [-0.15, -0.1) is 0 Å². The molecule has 1 atom stereocenters. The lowest BCUT2D eigenvalue weighted by atomic mass is 9.74. The van der Waals surface area contributed by atoms with E-state index in [0.717, 1.165) is 51.7 Å². The smallest absolute Gasteiger partial charge is 0.228 e. The van der Waals surface area contributed by atoms with Crippen LogP contribution in [0.2, 0.25) is 0 Å². The number of piperidine rings is 1. The largest absolute Gasteiger partial charge is 0.383 e. The fraction of sp³-hybridized carbons (Fsp3) is 0.789. The first-order chi connectivity index (χ1) is 11.5. The van der Waals surface area contributed by atoms with E-state index in [1.54, 1.807) is 7.11 Å². The summed E-state index contributed by atoms with van der Waals surface area (Å²) in [6.45, 7) is 5.81. The highest BCUT2D eigenvalue weighted by Crippen LogP contribution is 2.42. The van der Waals surface area contributed by atoms with Crippen molar-refractivity contribution in [2.45, 2.75) is 45.4 Å². The van der Waals surface area contributed by atoms with Gasteiger partial charge in [0, 0.05) is 45.1 Å². The quantitative estimate of drug-likeness (QED) is 0.741. The molecule has 0 bridgehead atoms. The molecule has 0 N–H and O–H groups in total. The molecule has 0 saturated carbocycles. The highest BCUT2D eigenvalue weighted by atomic mass is 16.5. The first-order valence-corrected chi connectivity index (χ1v) is 9.19. The molecular formula is C19H30N2O3. The van der Waals surface area contributed by atoms with Crippen molar-refractivity contribution < 1.29 is 14.3 Å². The predicted octanol–water partition coefficient (Wildman–Crippen LogP) is 2.22. The lowest BCUT2D eigenvalue weighted by Crippen LogP contribution is -2.49. The van der Waals surface area contributed by atoms with Crippen molar-refractivity contribution in [3.8, 4) is 0 Å². The molecule has 0 aromatic rings. The Morgan fingerprint density at radius 2 is 2.00 bits per heavy atom. The van der Waals surface area contributed by atoms with E-state index in [4.69, 9.17) is 4.74 Å². The first-order valence-electron chi connectivity index (χ1n) is 9.19. The van der Waals surface area contributed by atoms with Crippen molar-refractivity contribution in [3.05, 3.63) is 12.2 Å². The summed E-state index contributed by atoms with van der Waals surface area (Å²) in [5.74, 6) is 0.554. The van der Waals surface area contributed by atoms with Gasteiger partial charge in [0.25, 0.3) is 0 Å². The van der Waals surface area contributed by atoms with Gasteiger partial charge < -0.3 is 14.5 Å². The molecule has 2 heterocycles. The summed E-state index contributed by atoms with van der Waals surface area (Å²) >= 11 is 0. The second-order valence-corrected chi connectivity index (χ2v) is 8.05. The number of carbonyl (C=O) groups excluding carboxylic acids is 2. The first kappa shape index (κ1) is 17.5. The molecule has 5 nitrogen and oxygen atoms in total. The van der Waals surface area contributed by atoms with Crippen LogP contribution in [0, 0.1) is 10.8 Å². The molecule has 134 valence electrons. The molecule has 2 fully saturated rings. The molecule has 2 saturated heterocycles. The van der Waals surface area contributed by atoms with E-state index in [1.807, 2.05) is 9.80 Å². The van der Waals surface area contributed by atoms with Gasteiger partial charge in [-0.2, -0.15) is 0 Å². The minimum absolute atomic E-state index is 0.0784. The molecule has 1 unspecified atom stereocenters. The van der Waals surface area contributed by atoms with Gasteiger partial charge in [0.1, 0.15) is 0 Å². The third-order valence-electron chi connectivity index (χ3n) is 6.20. The number of likely N-dealkylation sites (tertiary alicyclic amines) is 2. The molecule has 1 aliphatic carbocycles. The van der Waals surface area contributed by atoms with E-state index in [-0.39, 0.29) is 16.7 Å². The molecule has 2 aliphatic heterocycles. The van der Waals surface area contributed by atoms with Gasteiger partial charge in [-0.05, 0) is 32.1 Å². The normalized spacial score (nSPS) is 29.5. The fourth-order valence-corrected chi connectivity index (χ4v) is 4.45. The Labute approximate surface area is 145 Å². The van der Waals surface area contributed by atoms with E-state index in [9.17, 15) is 9.59 Å². The average Bonchev–Trinajstić information content (AvgIpc) is 2.89. The summed E-state index contributed by atoms with van der Waals surface area (Å²) in [5.41, 5.74) is -0.149. The second-order valence-electron chi connectivity index (χ2n) is 8.05. The van der Waals surface area contributed by atoms with Gasteiger partial charge in [0.2, 0.25) is 11.8 Å². The number of methoxy groups -OCH3 is 1. The fourth-order valence-electron chi connectivity index (χ4n) is 4.45. The Morgan fingerprint density at radius 1 is 1.25 bits per heavy atom. The van der Waals surface area contributed by atoms with E-state index >= 15 is 0 Å². The Morgan fingerprint density at radius 3 is 2.62 bits per heavy atom. The summed E-state index contributed by atoms with van der Waals surface area (Å²) in [6, 6.07) is 0. The Balaban J connectivity index is 1.57. The van der Waals surface area contributed by atoms with Gasteiger partial charge in [-0.25, -0.2) is 0 Å². The molecule has 2 amide bonds. The minimum atomic E-state index is -0.227. The number of ether oxygens (including phenoxy) is 1. The van der Waals surface area contributed by atoms with Gasteiger partial charge in [0.15, 0.2) is 0 Å². The topological polar surface area (TPSA) is 49.9 Å². The maximum Gasteiger partial charge on any atom is 0.228 e. The average molecular weight is 334 g/mol. The minimum Gasteiger partial charge on any atom is -0.383 e. The molecule has 5 heteroatoms. The standard InChI is InChI=1S/C19H30N2O3/c1-18(6-4-3-5-7-18)17(23)20-10-8-19(9-11-20)14-16(22)21(15-19)12-13-24-2/h3-4H,5-15H2,1-2H3. The second kappa shape index (κ2) is 6.87. The van der Waals surface area contributed by atoms with Crippen LogP contribution in [0.5, 0.6) is 0 Å². The molecule has 0 aromatic heterocycles. The Kier molecular flexibility index (Phi) is 5.00. The number of rotatable bonds is 4. The number of amides is 2. The number of hydrogen-bond donors (Lipinski definition) is 0. The van der Waals surface area contributed by atoms with Crippen LogP contribution in [0.15, 0.2) is 12.2 Å². The molecule has 0 aromatic carbocycles. The van der Waals surface area contributed by atoms with Crippen molar-refractivity contribution in [1.82, 2.24) is 9.80 Å². The maximum atomic E-state index is 12.9.